The van der Waals surface area contributed by atoms with Crippen LogP contribution in [0.3, 0.4) is 0 Å². The second-order valence-electron chi connectivity index (χ2n) is 4.55. The fourth-order valence-electron chi connectivity index (χ4n) is 1.98. The summed E-state index contributed by atoms with van der Waals surface area (Å²) in [6.07, 6.45) is -0.107. The summed E-state index contributed by atoms with van der Waals surface area (Å²) in [6.45, 7) is 0.843. The maximum absolute atomic E-state index is 12.0. The van der Waals surface area contributed by atoms with E-state index in [4.69, 9.17) is 0 Å². The van der Waals surface area contributed by atoms with Crippen molar-refractivity contribution in [2.75, 3.05) is 25.4 Å². The number of nitrogens with zero attached hydrogens (tertiary/aromatic N) is 1. The first-order valence-corrected chi connectivity index (χ1v) is 7.96. The molecule has 6 nitrogen and oxygen atoms in total. The minimum atomic E-state index is -3.46. The number of rotatable bonds is 4. The van der Waals surface area contributed by atoms with Crippen molar-refractivity contribution in [2.24, 2.45) is 0 Å². The maximum atomic E-state index is 12.0. The zero-order chi connectivity index (χ0) is 14.6. The van der Waals surface area contributed by atoms with Crippen LogP contribution in [0.1, 0.15) is 6.42 Å². The molecule has 7 heteroatoms. The number of benzene rings is 1. The summed E-state index contributed by atoms with van der Waals surface area (Å²) in [7, 11) is -3.46. The molecule has 0 unspecified atom stereocenters. The molecule has 0 saturated carbocycles. The monoisotopic (exact) mass is 296 g/mol. The second kappa shape index (κ2) is 6.04. The van der Waals surface area contributed by atoms with Gasteiger partial charge in [-0.25, -0.2) is 8.42 Å². The molecule has 1 heterocycles. The number of sulfone groups is 1. The Balaban J connectivity index is 1.95. The van der Waals surface area contributed by atoms with Gasteiger partial charge in [0.2, 0.25) is 11.8 Å². The van der Waals surface area contributed by atoms with Crippen LogP contribution in [0.5, 0.6) is 0 Å². The van der Waals surface area contributed by atoms with Crippen molar-refractivity contribution in [1.82, 2.24) is 10.2 Å². The highest BCUT2D eigenvalue weighted by Crippen LogP contribution is 2.12. The Morgan fingerprint density at radius 2 is 1.95 bits per heavy atom. The summed E-state index contributed by atoms with van der Waals surface area (Å²) in [5.41, 5.74) is 0. The molecule has 1 aromatic carbocycles. The van der Waals surface area contributed by atoms with Crippen LogP contribution in [0.2, 0.25) is 0 Å². The summed E-state index contributed by atoms with van der Waals surface area (Å²) in [4.78, 5) is 24.7. The molecular formula is C13H16N2O4S. The van der Waals surface area contributed by atoms with Crippen molar-refractivity contribution in [2.45, 2.75) is 11.3 Å². The smallest absolute Gasteiger partial charge is 0.239 e. The van der Waals surface area contributed by atoms with Gasteiger partial charge in [0.1, 0.15) is 0 Å². The third-order valence-electron chi connectivity index (χ3n) is 3.08. The van der Waals surface area contributed by atoms with Gasteiger partial charge in [0.15, 0.2) is 9.84 Å². The molecule has 1 N–H and O–H groups in total. The van der Waals surface area contributed by atoms with E-state index in [9.17, 15) is 18.0 Å². The average molecular weight is 296 g/mol. The van der Waals surface area contributed by atoms with Gasteiger partial charge in [0.05, 0.1) is 17.2 Å². The summed E-state index contributed by atoms with van der Waals surface area (Å²) in [5.74, 6) is -0.761. The van der Waals surface area contributed by atoms with E-state index in [0.29, 0.717) is 13.1 Å². The first-order valence-electron chi connectivity index (χ1n) is 6.31. The molecule has 1 aromatic rings. The SMILES string of the molecule is O=C1CN(C(=O)CCS(=O)(=O)c2ccccc2)CCN1. The summed E-state index contributed by atoms with van der Waals surface area (Å²) in [6, 6.07) is 8.03. The molecule has 20 heavy (non-hydrogen) atoms. The predicted octanol–water partition coefficient (Wildman–Crippen LogP) is -0.191. The van der Waals surface area contributed by atoms with Gasteiger partial charge in [-0.3, -0.25) is 9.59 Å². The molecule has 1 aliphatic heterocycles. The largest absolute Gasteiger partial charge is 0.353 e. The zero-order valence-electron chi connectivity index (χ0n) is 10.9. The summed E-state index contributed by atoms with van der Waals surface area (Å²) < 4.78 is 24.1. The van der Waals surface area contributed by atoms with Crippen LogP contribution in [0.4, 0.5) is 0 Å². The Bertz CT molecular complexity index is 598. The average Bonchev–Trinajstić information content (AvgIpc) is 2.46. The summed E-state index contributed by atoms with van der Waals surface area (Å²) in [5, 5.41) is 2.61. The van der Waals surface area contributed by atoms with Crippen LogP contribution >= 0.6 is 0 Å². The quantitative estimate of drug-likeness (QED) is 0.834. The fourth-order valence-corrected chi connectivity index (χ4v) is 3.23. The number of hydrogen-bond acceptors (Lipinski definition) is 4. The van der Waals surface area contributed by atoms with Crippen molar-refractivity contribution in [1.29, 1.82) is 0 Å². The number of amides is 2. The van der Waals surface area contributed by atoms with Crippen LogP contribution in [-0.4, -0.2) is 50.5 Å². The van der Waals surface area contributed by atoms with Crippen LogP contribution in [0.25, 0.3) is 0 Å². The van der Waals surface area contributed by atoms with Gasteiger partial charge in [0, 0.05) is 19.5 Å². The molecule has 0 atom stereocenters. The van der Waals surface area contributed by atoms with E-state index < -0.39 is 9.84 Å². The second-order valence-corrected chi connectivity index (χ2v) is 6.66. The highest BCUT2D eigenvalue weighted by atomic mass is 32.2. The Hall–Kier alpha value is -1.89. The number of hydrogen-bond donors (Lipinski definition) is 1. The van der Waals surface area contributed by atoms with E-state index in [1.54, 1.807) is 18.2 Å². The van der Waals surface area contributed by atoms with E-state index in [-0.39, 0.29) is 35.4 Å². The molecular weight excluding hydrogens is 280 g/mol. The van der Waals surface area contributed by atoms with E-state index in [1.165, 1.54) is 17.0 Å². The molecule has 0 spiro atoms. The normalized spacial score (nSPS) is 15.8. The Kier molecular flexibility index (Phi) is 4.39. The topological polar surface area (TPSA) is 83.6 Å². The molecule has 0 aromatic heterocycles. The lowest BCUT2D eigenvalue weighted by atomic mass is 10.3. The predicted molar refractivity (Wildman–Crippen MR) is 72.7 cm³/mol. The maximum Gasteiger partial charge on any atom is 0.239 e. The first-order chi connectivity index (χ1) is 9.49. The molecule has 1 aliphatic rings. The molecule has 1 fully saturated rings. The molecule has 1 saturated heterocycles. The van der Waals surface area contributed by atoms with Crippen molar-refractivity contribution >= 4 is 21.7 Å². The molecule has 0 radical (unpaired) electrons. The van der Waals surface area contributed by atoms with Crippen molar-refractivity contribution in [3.05, 3.63) is 30.3 Å². The molecule has 0 bridgehead atoms. The zero-order valence-corrected chi connectivity index (χ0v) is 11.7. The van der Waals surface area contributed by atoms with Gasteiger partial charge in [-0.2, -0.15) is 0 Å². The van der Waals surface area contributed by atoms with Gasteiger partial charge < -0.3 is 10.2 Å². The van der Waals surface area contributed by atoms with Crippen molar-refractivity contribution < 1.29 is 18.0 Å². The van der Waals surface area contributed by atoms with Crippen LogP contribution in [-0.2, 0) is 19.4 Å². The van der Waals surface area contributed by atoms with Gasteiger partial charge in [-0.1, -0.05) is 18.2 Å². The van der Waals surface area contributed by atoms with Crippen LogP contribution in [0.15, 0.2) is 35.2 Å². The minimum Gasteiger partial charge on any atom is -0.353 e. The lowest BCUT2D eigenvalue weighted by molar-refractivity contribution is -0.137. The highest BCUT2D eigenvalue weighted by Gasteiger charge is 2.23. The number of carbonyl (C=O) groups is 2. The number of carbonyl (C=O) groups excluding carboxylic acids is 2. The highest BCUT2D eigenvalue weighted by molar-refractivity contribution is 7.91. The molecule has 2 rings (SSSR count). The van der Waals surface area contributed by atoms with Gasteiger partial charge >= 0.3 is 0 Å². The lowest BCUT2D eigenvalue weighted by Gasteiger charge is -2.26. The van der Waals surface area contributed by atoms with Crippen molar-refractivity contribution in [3.8, 4) is 0 Å². The van der Waals surface area contributed by atoms with E-state index in [2.05, 4.69) is 5.32 Å². The van der Waals surface area contributed by atoms with Gasteiger partial charge in [-0.15, -0.1) is 0 Å². The van der Waals surface area contributed by atoms with Crippen molar-refractivity contribution in [3.63, 3.8) is 0 Å². The van der Waals surface area contributed by atoms with Gasteiger partial charge in [-0.05, 0) is 12.1 Å². The van der Waals surface area contributed by atoms with E-state index in [1.807, 2.05) is 0 Å². The molecule has 108 valence electrons. The minimum absolute atomic E-state index is 0.00418. The Morgan fingerprint density at radius 3 is 2.60 bits per heavy atom. The molecule has 0 aliphatic carbocycles. The van der Waals surface area contributed by atoms with Crippen LogP contribution in [0, 0.1) is 0 Å². The fraction of sp³-hybridized carbons (Fsp3) is 0.385. The van der Waals surface area contributed by atoms with Gasteiger partial charge in [0.25, 0.3) is 0 Å². The van der Waals surface area contributed by atoms with E-state index >= 15 is 0 Å². The summed E-state index contributed by atoms with van der Waals surface area (Å²) >= 11 is 0. The number of nitrogens with one attached hydrogen (secondary N) is 1. The molecule has 2 amide bonds. The van der Waals surface area contributed by atoms with Crippen LogP contribution < -0.4 is 5.32 Å². The number of piperazine rings is 1. The third kappa shape index (κ3) is 3.57. The first kappa shape index (κ1) is 14.5. The Morgan fingerprint density at radius 1 is 1.25 bits per heavy atom. The third-order valence-corrected chi connectivity index (χ3v) is 4.81. The standard InChI is InChI=1S/C13H16N2O4S/c16-12-10-15(8-7-14-12)13(17)6-9-20(18,19)11-4-2-1-3-5-11/h1-5H,6-10H2,(H,14,16). The lowest BCUT2D eigenvalue weighted by Crippen LogP contribution is -2.50. The Labute approximate surface area is 117 Å². The van der Waals surface area contributed by atoms with E-state index in [0.717, 1.165) is 0 Å².